The predicted molar refractivity (Wildman–Crippen MR) is 32.5 cm³/mol. The molecule has 0 aromatic heterocycles. The summed E-state index contributed by atoms with van der Waals surface area (Å²) in [5.41, 5.74) is 5.09. The molecule has 0 spiro atoms. The quantitative estimate of drug-likeness (QED) is 0.475. The third kappa shape index (κ3) is 1.20. The minimum atomic E-state index is -0.459. The lowest BCUT2D eigenvalue weighted by Crippen LogP contribution is -2.23. The van der Waals surface area contributed by atoms with Gasteiger partial charge in [0.1, 0.15) is 0 Å². The first-order chi connectivity index (χ1) is 3.60. The van der Waals surface area contributed by atoms with Gasteiger partial charge in [0.25, 0.3) is 0 Å². The maximum Gasteiger partial charge on any atom is 0.0635 e. The van der Waals surface area contributed by atoms with E-state index in [1.165, 1.54) is 0 Å². The number of aliphatic hydroxyl groups is 1. The van der Waals surface area contributed by atoms with E-state index in [4.69, 9.17) is 5.73 Å². The van der Waals surface area contributed by atoms with Crippen LogP contribution in [0.2, 0.25) is 0 Å². The van der Waals surface area contributed by atoms with Crippen LogP contribution in [0.5, 0.6) is 0 Å². The van der Waals surface area contributed by atoms with Crippen molar-refractivity contribution in [3.8, 4) is 0 Å². The molecule has 1 aliphatic rings. The summed E-state index contributed by atoms with van der Waals surface area (Å²) in [6, 6.07) is 0.241. The van der Waals surface area contributed by atoms with Crippen LogP contribution in [0, 0.1) is 0 Å². The van der Waals surface area contributed by atoms with E-state index in [0.717, 1.165) is 19.3 Å². The highest BCUT2D eigenvalue weighted by Gasteiger charge is 2.30. The van der Waals surface area contributed by atoms with E-state index in [0.29, 0.717) is 0 Å². The third-order valence-electron chi connectivity index (χ3n) is 1.76. The van der Waals surface area contributed by atoms with E-state index < -0.39 is 5.60 Å². The van der Waals surface area contributed by atoms with Gasteiger partial charge in [-0.15, -0.1) is 0 Å². The van der Waals surface area contributed by atoms with Crippen molar-refractivity contribution >= 4 is 0 Å². The van der Waals surface area contributed by atoms with E-state index >= 15 is 0 Å². The number of hydrogen-bond donors (Lipinski definition) is 2. The summed E-state index contributed by atoms with van der Waals surface area (Å²) < 4.78 is 0. The largest absolute Gasteiger partial charge is 0.390 e. The highest BCUT2D eigenvalue weighted by atomic mass is 16.3. The average Bonchev–Trinajstić information content (AvgIpc) is 1.82. The Bertz CT molecular complexity index is 90.5. The fourth-order valence-electron chi connectivity index (χ4n) is 1.27. The first-order valence-electron chi connectivity index (χ1n) is 3.08. The van der Waals surface area contributed by atoms with Gasteiger partial charge >= 0.3 is 0 Å². The molecule has 2 atom stereocenters. The van der Waals surface area contributed by atoms with Crippen LogP contribution in [0.25, 0.3) is 0 Å². The van der Waals surface area contributed by atoms with E-state index in [9.17, 15) is 5.11 Å². The molecule has 0 saturated heterocycles. The zero-order valence-electron chi connectivity index (χ0n) is 5.22. The first-order valence-corrected chi connectivity index (χ1v) is 3.08. The van der Waals surface area contributed by atoms with Crippen molar-refractivity contribution in [2.45, 2.75) is 37.8 Å². The van der Waals surface area contributed by atoms with Crippen LogP contribution < -0.4 is 5.73 Å². The summed E-state index contributed by atoms with van der Waals surface area (Å²) in [6.45, 7) is 1.85. The maximum atomic E-state index is 9.28. The lowest BCUT2D eigenvalue weighted by Gasteiger charge is -2.13. The standard InChI is InChI=1S/C6H13NO/c1-6(8)3-2-5(7)4-6/h5,8H,2-4,7H2,1H3. The van der Waals surface area contributed by atoms with Gasteiger partial charge in [-0.2, -0.15) is 0 Å². The van der Waals surface area contributed by atoms with Gasteiger partial charge < -0.3 is 10.8 Å². The molecule has 0 radical (unpaired) electrons. The minimum absolute atomic E-state index is 0.241. The predicted octanol–water partition coefficient (Wildman–Crippen LogP) is 0.249. The Labute approximate surface area is 49.7 Å². The summed E-state index contributed by atoms with van der Waals surface area (Å²) >= 11 is 0. The van der Waals surface area contributed by atoms with Crippen molar-refractivity contribution in [2.24, 2.45) is 5.73 Å². The Morgan fingerprint density at radius 1 is 1.75 bits per heavy atom. The lowest BCUT2D eigenvalue weighted by atomic mass is 10.1. The van der Waals surface area contributed by atoms with Crippen molar-refractivity contribution in [1.82, 2.24) is 0 Å². The van der Waals surface area contributed by atoms with Gasteiger partial charge in [-0.05, 0) is 26.2 Å². The molecule has 0 heterocycles. The molecule has 2 heteroatoms. The number of rotatable bonds is 0. The molecule has 0 aliphatic heterocycles. The molecule has 1 aliphatic carbocycles. The Hall–Kier alpha value is -0.0800. The summed E-state index contributed by atoms with van der Waals surface area (Å²) in [5, 5.41) is 9.28. The maximum absolute atomic E-state index is 9.28. The smallest absolute Gasteiger partial charge is 0.0635 e. The van der Waals surface area contributed by atoms with Crippen molar-refractivity contribution in [1.29, 1.82) is 0 Å². The zero-order chi connectivity index (χ0) is 6.20. The molecule has 2 nitrogen and oxygen atoms in total. The molecule has 1 fully saturated rings. The monoisotopic (exact) mass is 115 g/mol. The summed E-state index contributed by atoms with van der Waals surface area (Å²) in [5.74, 6) is 0. The molecule has 0 bridgehead atoms. The molecule has 1 saturated carbocycles. The third-order valence-corrected chi connectivity index (χ3v) is 1.76. The fourth-order valence-corrected chi connectivity index (χ4v) is 1.27. The highest BCUT2D eigenvalue weighted by molar-refractivity contribution is 4.86. The second-order valence-electron chi connectivity index (χ2n) is 3.00. The van der Waals surface area contributed by atoms with Crippen LogP contribution in [0.3, 0.4) is 0 Å². The molecule has 8 heavy (non-hydrogen) atoms. The van der Waals surface area contributed by atoms with E-state index in [-0.39, 0.29) is 6.04 Å². The van der Waals surface area contributed by atoms with Crippen LogP contribution in [0.4, 0.5) is 0 Å². The van der Waals surface area contributed by atoms with Gasteiger partial charge in [0.15, 0.2) is 0 Å². The molecular weight excluding hydrogens is 102 g/mol. The van der Waals surface area contributed by atoms with Crippen molar-refractivity contribution in [3.63, 3.8) is 0 Å². The molecule has 1 rings (SSSR count). The van der Waals surface area contributed by atoms with Crippen molar-refractivity contribution in [3.05, 3.63) is 0 Å². The van der Waals surface area contributed by atoms with Gasteiger partial charge in [0.05, 0.1) is 5.60 Å². The van der Waals surface area contributed by atoms with Crippen LogP contribution in [0.1, 0.15) is 26.2 Å². The Morgan fingerprint density at radius 3 is 2.50 bits per heavy atom. The molecule has 48 valence electrons. The van der Waals surface area contributed by atoms with Gasteiger partial charge in [-0.1, -0.05) is 0 Å². The molecule has 0 amide bonds. The van der Waals surface area contributed by atoms with Crippen LogP contribution in [0.15, 0.2) is 0 Å². The highest BCUT2D eigenvalue weighted by Crippen LogP contribution is 2.27. The van der Waals surface area contributed by atoms with Crippen LogP contribution in [-0.2, 0) is 0 Å². The van der Waals surface area contributed by atoms with Crippen molar-refractivity contribution in [2.75, 3.05) is 0 Å². The van der Waals surface area contributed by atoms with Gasteiger partial charge in [-0.3, -0.25) is 0 Å². The molecule has 2 unspecified atom stereocenters. The topological polar surface area (TPSA) is 46.2 Å². The Morgan fingerprint density at radius 2 is 2.38 bits per heavy atom. The summed E-state index contributed by atoms with van der Waals surface area (Å²) in [4.78, 5) is 0. The fraction of sp³-hybridized carbons (Fsp3) is 1.00. The molecule has 0 aromatic carbocycles. The lowest BCUT2D eigenvalue weighted by molar-refractivity contribution is 0.0667. The molecular formula is C6H13NO. The van der Waals surface area contributed by atoms with Crippen LogP contribution >= 0.6 is 0 Å². The number of hydrogen-bond acceptors (Lipinski definition) is 2. The summed E-state index contributed by atoms with van der Waals surface area (Å²) in [7, 11) is 0. The van der Waals surface area contributed by atoms with Gasteiger partial charge in [0.2, 0.25) is 0 Å². The Balaban J connectivity index is 2.44. The Kier molecular flexibility index (Phi) is 1.29. The number of nitrogens with two attached hydrogens (primary N) is 1. The van der Waals surface area contributed by atoms with E-state index in [1.807, 2.05) is 6.92 Å². The molecule has 0 aromatic rings. The van der Waals surface area contributed by atoms with E-state index in [2.05, 4.69) is 0 Å². The van der Waals surface area contributed by atoms with Gasteiger partial charge in [0, 0.05) is 6.04 Å². The second-order valence-corrected chi connectivity index (χ2v) is 3.00. The van der Waals surface area contributed by atoms with Gasteiger partial charge in [-0.25, -0.2) is 0 Å². The average molecular weight is 115 g/mol. The van der Waals surface area contributed by atoms with Crippen molar-refractivity contribution < 1.29 is 5.11 Å². The molecule has 3 N–H and O–H groups in total. The van der Waals surface area contributed by atoms with Crippen LogP contribution in [-0.4, -0.2) is 16.7 Å². The first kappa shape index (κ1) is 6.05. The zero-order valence-corrected chi connectivity index (χ0v) is 5.22. The second kappa shape index (κ2) is 1.71. The normalized spacial score (nSPS) is 47.6. The van der Waals surface area contributed by atoms with E-state index in [1.54, 1.807) is 0 Å². The summed E-state index contributed by atoms with van der Waals surface area (Å²) in [6.07, 6.45) is 2.62. The SMILES string of the molecule is CC1(O)CCC(N)C1. The minimum Gasteiger partial charge on any atom is -0.390 e.